The Hall–Kier alpha value is -3.38. The maximum Gasteiger partial charge on any atom is 0.255 e. The van der Waals surface area contributed by atoms with E-state index in [1.165, 1.54) is 5.56 Å². The van der Waals surface area contributed by atoms with E-state index in [-0.39, 0.29) is 17.9 Å². The molecular weight excluding hydrogens is 414 g/mol. The Morgan fingerprint density at radius 1 is 1.06 bits per heavy atom. The van der Waals surface area contributed by atoms with Crippen LogP contribution >= 0.6 is 0 Å². The van der Waals surface area contributed by atoms with Crippen LogP contribution in [-0.2, 0) is 6.54 Å². The Morgan fingerprint density at radius 3 is 2.58 bits per heavy atom. The predicted octanol–water partition coefficient (Wildman–Crippen LogP) is 4.48. The summed E-state index contributed by atoms with van der Waals surface area (Å²) >= 11 is 0. The molecule has 1 aliphatic rings. The number of nitrogens with one attached hydrogen (secondary N) is 1. The maximum absolute atomic E-state index is 13.2. The average molecular weight is 446 g/mol. The molecule has 0 bridgehead atoms. The molecular formula is C27H31N3O3. The summed E-state index contributed by atoms with van der Waals surface area (Å²) in [7, 11) is 3.27. The number of rotatable bonds is 8. The minimum atomic E-state index is -0.178. The van der Waals surface area contributed by atoms with Crippen LogP contribution in [0.4, 0.5) is 0 Å². The van der Waals surface area contributed by atoms with Crippen molar-refractivity contribution in [2.45, 2.75) is 25.4 Å². The van der Waals surface area contributed by atoms with Crippen molar-refractivity contribution >= 4 is 5.91 Å². The summed E-state index contributed by atoms with van der Waals surface area (Å²) < 4.78 is 10.7. The number of carbonyl (C=O) groups excluding carboxylic acids is 1. The second-order valence-electron chi connectivity index (χ2n) is 8.39. The Labute approximate surface area is 195 Å². The van der Waals surface area contributed by atoms with Crippen LogP contribution in [0, 0.1) is 5.92 Å². The van der Waals surface area contributed by atoms with E-state index in [1.807, 2.05) is 48.5 Å². The third-order valence-electron chi connectivity index (χ3n) is 6.22. The number of methoxy groups -OCH3 is 2. The van der Waals surface area contributed by atoms with E-state index in [2.05, 4.69) is 27.3 Å². The zero-order chi connectivity index (χ0) is 23.0. The molecule has 6 nitrogen and oxygen atoms in total. The number of para-hydroxylation sites is 1. The van der Waals surface area contributed by atoms with Crippen LogP contribution in [0.2, 0.25) is 0 Å². The van der Waals surface area contributed by atoms with Gasteiger partial charge in [-0.25, -0.2) is 0 Å². The zero-order valence-electron chi connectivity index (χ0n) is 19.2. The third-order valence-corrected chi connectivity index (χ3v) is 6.22. The number of likely N-dealkylation sites (tertiary alicyclic amines) is 1. The van der Waals surface area contributed by atoms with Crippen molar-refractivity contribution < 1.29 is 14.3 Å². The molecule has 172 valence electrons. The fraction of sp³-hybridized carbons (Fsp3) is 0.333. The van der Waals surface area contributed by atoms with Gasteiger partial charge in [-0.2, -0.15) is 0 Å². The number of benzene rings is 2. The van der Waals surface area contributed by atoms with Crippen LogP contribution in [-0.4, -0.2) is 43.1 Å². The molecule has 0 radical (unpaired) electrons. The first-order valence-electron chi connectivity index (χ1n) is 11.4. The number of hydrogen-bond donors (Lipinski definition) is 1. The topological polar surface area (TPSA) is 63.7 Å². The van der Waals surface area contributed by atoms with Crippen molar-refractivity contribution in [3.05, 3.63) is 89.7 Å². The Balaban J connectivity index is 1.52. The lowest BCUT2D eigenvalue weighted by molar-refractivity contribution is 0.0872. The van der Waals surface area contributed by atoms with Crippen LogP contribution in [0.3, 0.4) is 0 Å². The van der Waals surface area contributed by atoms with Crippen molar-refractivity contribution in [3.8, 4) is 11.5 Å². The van der Waals surface area contributed by atoms with Gasteiger partial charge in [-0.3, -0.25) is 14.7 Å². The number of carbonyl (C=O) groups is 1. The molecule has 1 fully saturated rings. The highest BCUT2D eigenvalue weighted by molar-refractivity contribution is 5.97. The Bertz CT molecular complexity index is 1040. The van der Waals surface area contributed by atoms with Crippen molar-refractivity contribution in [1.29, 1.82) is 0 Å². The number of nitrogens with zero attached hydrogens (tertiary/aromatic N) is 2. The van der Waals surface area contributed by atoms with E-state index >= 15 is 0 Å². The van der Waals surface area contributed by atoms with Gasteiger partial charge < -0.3 is 14.8 Å². The van der Waals surface area contributed by atoms with Crippen LogP contribution in [0.5, 0.6) is 11.5 Å². The van der Waals surface area contributed by atoms with Crippen LogP contribution in [0.25, 0.3) is 0 Å². The SMILES string of the molecule is COc1ccc(CN2CCC[C@H]([C@H](NC(=O)c3ccccc3OC)c3ccccn3)C2)cc1. The summed E-state index contributed by atoms with van der Waals surface area (Å²) in [4.78, 5) is 20.3. The number of pyridine rings is 1. The molecule has 6 heteroatoms. The summed E-state index contributed by atoms with van der Waals surface area (Å²) in [6.45, 7) is 2.80. The first kappa shape index (κ1) is 22.8. The zero-order valence-corrected chi connectivity index (χ0v) is 19.2. The first-order chi connectivity index (χ1) is 16.2. The van der Waals surface area contributed by atoms with E-state index in [1.54, 1.807) is 26.5 Å². The van der Waals surface area contributed by atoms with Gasteiger partial charge >= 0.3 is 0 Å². The van der Waals surface area contributed by atoms with Gasteiger partial charge in [0.15, 0.2) is 0 Å². The van der Waals surface area contributed by atoms with Crippen LogP contribution in [0.15, 0.2) is 72.9 Å². The maximum atomic E-state index is 13.2. The number of amides is 1. The Morgan fingerprint density at radius 2 is 1.85 bits per heavy atom. The van der Waals surface area contributed by atoms with Crippen molar-refractivity contribution in [1.82, 2.24) is 15.2 Å². The van der Waals surface area contributed by atoms with E-state index < -0.39 is 0 Å². The molecule has 2 heterocycles. The molecule has 1 aromatic heterocycles. The molecule has 0 unspecified atom stereocenters. The molecule has 0 aliphatic carbocycles. The van der Waals surface area contributed by atoms with Gasteiger partial charge in [0.1, 0.15) is 11.5 Å². The lowest BCUT2D eigenvalue weighted by atomic mass is 9.88. The van der Waals surface area contributed by atoms with Gasteiger partial charge in [-0.05, 0) is 67.3 Å². The molecule has 0 spiro atoms. The minimum absolute atomic E-state index is 0.143. The standard InChI is InChI=1S/C27H31N3O3/c1-32-22-14-12-20(13-15-22)18-30-17-7-8-21(19-30)26(24-10-5-6-16-28-24)29-27(31)23-9-3-4-11-25(23)33-2/h3-6,9-16,21,26H,7-8,17-19H2,1-2H3,(H,29,31)/t21-,26-/m0/s1. The lowest BCUT2D eigenvalue weighted by Crippen LogP contribution is -2.43. The average Bonchev–Trinajstić information content (AvgIpc) is 2.88. The van der Waals surface area contributed by atoms with Gasteiger partial charge in [0, 0.05) is 19.3 Å². The van der Waals surface area contributed by atoms with Crippen molar-refractivity contribution in [2.24, 2.45) is 5.92 Å². The molecule has 1 amide bonds. The lowest BCUT2D eigenvalue weighted by Gasteiger charge is -2.37. The first-order valence-corrected chi connectivity index (χ1v) is 11.4. The molecule has 1 N–H and O–H groups in total. The molecule has 1 aliphatic heterocycles. The van der Waals surface area contributed by atoms with E-state index in [0.29, 0.717) is 11.3 Å². The van der Waals surface area contributed by atoms with Gasteiger partial charge in [0.05, 0.1) is 31.5 Å². The fourth-order valence-corrected chi connectivity index (χ4v) is 4.54. The van der Waals surface area contributed by atoms with Gasteiger partial charge in [0.25, 0.3) is 5.91 Å². The molecule has 0 saturated carbocycles. The largest absolute Gasteiger partial charge is 0.497 e. The molecule has 2 atom stereocenters. The quantitative estimate of drug-likeness (QED) is 0.554. The molecule has 1 saturated heterocycles. The van der Waals surface area contributed by atoms with Crippen molar-refractivity contribution in [2.75, 3.05) is 27.3 Å². The van der Waals surface area contributed by atoms with Crippen LogP contribution < -0.4 is 14.8 Å². The van der Waals surface area contributed by atoms with Crippen molar-refractivity contribution in [3.63, 3.8) is 0 Å². The minimum Gasteiger partial charge on any atom is -0.497 e. The van der Waals surface area contributed by atoms with E-state index in [4.69, 9.17) is 9.47 Å². The van der Waals surface area contributed by atoms with E-state index in [9.17, 15) is 4.79 Å². The molecule has 33 heavy (non-hydrogen) atoms. The highest BCUT2D eigenvalue weighted by Gasteiger charge is 2.31. The molecule has 2 aromatic carbocycles. The number of hydrogen-bond acceptors (Lipinski definition) is 5. The Kier molecular flexibility index (Phi) is 7.58. The summed E-state index contributed by atoms with van der Waals surface area (Å²) in [5.41, 5.74) is 2.67. The van der Waals surface area contributed by atoms with Gasteiger partial charge in [-0.1, -0.05) is 30.3 Å². The van der Waals surface area contributed by atoms with E-state index in [0.717, 1.165) is 43.9 Å². The highest BCUT2D eigenvalue weighted by Crippen LogP contribution is 2.31. The highest BCUT2D eigenvalue weighted by atomic mass is 16.5. The summed E-state index contributed by atoms with van der Waals surface area (Å²) in [6.07, 6.45) is 3.90. The predicted molar refractivity (Wildman–Crippen MR) is 128 cm³/mol. The smallest absolute Gasteiger partial charge is 0.255 e. The molecule has 3 aromatic rings. The summed E-state index contributed by atoms with van der Waals surface area (Å²) in [5.74, 6) is 1.55. The summed E-state index contributed by atoms with van der Waals surface area (Å²) in [6, 6.07) is 21.2. The fourth-order valence-electron chi connectivity index (χ4n) is 4.54. The monoisotopic (exact) mass is 445 g/mol. The van der Waals surface area contributed by atoms with Gasteiger partial charge in [-0.15, -0.1) is 0 Å². The second kappa shape index (κ2) is 11.0. The van der Waals surface area contributed by atoms with Gasteiger partial charge in [0.2, 0.25) is 0 Å². The van der Waals surface area contributed by atoms with Crippen LogP contribution in [0.1, 0.15) is 40.5 Å². The number of piperidine rings is 1. The third kappa shape index (κ3) is 5.71. The second-order valence-corrected chi connectivity index (χ2v) is 8.39. The molecule has 4 rings (SSSR count). The number of aromatic nitrogens is 1. The number of ether oxygens (including phenoxy) is 2. The normalized spacial score (nSPS) is 17.2. The summed E-state index contributed by atoms with van der Waals surface area (Å²) in [5, 5.41) is 3.27.